The van der Waals surface area contributed by atoms with Crippen LogP contribution in [0.5, 0.6) is 5.75 Å². The van der Waals surface area contributed by atoms with Crippen LogP contribution in [0.15, 0.2) is 48.6 Å². The number of halogens is 4. The van der Waals surface area contributed by atoms with Crippen molar-refractivity contribution in [2.24, 2.45) is 5.92 Å². The van der Waals surface area contributed by atoms with Gasteiger partial charge in [-0.15, -0.1) is 0 Å². The van der Waals surface area contributed by atoms with Gasteiger partial charge in [0.2, 0.25) is 0 Å². The molecule has 2 nitrogen and oxygen atoms in total. The van der Waals surface area contributed by atoms with Gasteiger partial charge in [-0.2, -0.15) is 13.2 Å². The molecule has 0 bridgehead atoms. The van der Waals surface area contributed by atoms with Crippen LogP contribution in [0.1, 0.15) is 35.1 Å². The van der Waals surface area contributed by atoms with E-state index in [-0.39, 0.29) is 23.4 Å². The van der Waals surface area contributed by atoms with Gasteiger partial charge in [-0.05, 0) is 47.7 Å². The van der Waals surface area contributed by atoms with Crippen LogP contribution in [0, 0.1) is 5.92 Å². The van der Waals surface area contributed by atoms with Crippen molar-refractivity contribution in [3.8, 4) is 5.75 Å². The highest BCUT2D eigenvalue weighted by Crippen LogP contribution is 2.54. The summed E-state index contributed by atoms with van der Waals surface area (Å²) >= 11 is 6.29. The van der Waals surface area contributed by atoms with Crippen molar-refractivity contribution in [1.82, 2.24) is 0 Å². The molecule has 2 aromatic carbocycles. The average molecular weight is 380 g/mol. The monoisotopic (exact) mass is 379 g/mol. The molecular weight excluding hydrogens is 363 g/mol. The molecule has 2 aliphatic rings. The highest BCUT2D eigenvalue weighted by atomic mass is 35.5. The summed E-state index contributed by atoms with van der Waals surface area (Å²) in [5, 5.41) is 3.59. The lowest BCUT2D eigenvalue weighted by Crippen LogP contribution is -2.31. The van der Waals surface area contributed by atoms with Crippen molar-refractivity contribution < 1.29 is 17.9 Å². The van der Waals surface area contributed by atoms with Crippen molar-refractivity contribution in [3.63, 3.8) is 0 Å². The van der Waals surface area contributed by atoms with E-state index < -0.39 is 11.7 Å². The first-order chi connectivity index (χ1) is 12.4. The minimum atomic E-state index is -4.42. The van der Waals surface area contributed by atoms with Gasteiger partial charge in [-0.25, -0.2) is 0 Å². The van der Waals surface area contributed by atoms with Crippen molar-refractivity contribution in [2.45, 2.75) is 24.6 Å². The summed E-state index contributed by atoms with van der Waals surface area (Å²) in [5.74, 6) is 0.389. The molecule has 0 fully saturated rings. The van der Waals surface area contributed by atoms with E-state index in [1.54, 1.807) is 7.11 Å². The van der Waals surface area contributed by atoms with E-state index in [1.165, 1.54) is 6.07 Å². The van der Waals surface area contributed by atoms with E-state index in [9.17, 15) is 13.2 Å². The van der Waals surface area contributed by atoms with Crippen LogP contribution >= 0.6 is 11.6 Å². The van der Waals surface area contributed by atoms with E-state index >= 15 is 0 Å². The smallest absolute Gasteiger partial charge is 0.416 e. The van der Waals surface area contributed by atoms with Gasteiger partial charge in [-0.1, -0.05) is 35.9 Å². The number of rotatable bonds is 2. The molecule has 4 rings (SSSR count). The Balaban J connectivity index is 1.86. The summed E-state index contributed by atoms with van der Waals surface area (Å²) in [4.78, 5) is 0. The molecule has 1 N–H and O–H groups in total. The molecular formula is C20H17ClF3NO. The molecule has 0 saturated heterocycles. The molecule has 136 valence electrons. The van der Waals surface area contributed by atoms with Crippen LogP contribution in [0.3, 0.4) is 0 Å². The van der Waals surface area contributed by atoms with E-state index in [0.717, 1.165) is 11.6 Å². The van der Waals surface area contributed by atoms with Crippen molar-refractivity contribution in [3.05, 3.63) is 70.3 Å². The summed E-state index contributed by atoms with van der Waals surface area (Å²) in [6.07, 6.45) is 0.131. The Labute approximate surface area is 154 Å². The summed E-state index contributed by atoms with van der Waals surface area (Å²) in [6, 6.07) is 9.87. The fourth-order valence-electron chi connectivity index (χ4n) is 4.09. The number of nitrogens with one attached hydrogen (secondary N) is 1. The van der Waals surface area contributed by atoms with Gasteiger partial charge in [-0.3, -0.25) is 0 Å². The molecule has 0 saturated carbocycles. The van der Waals surface area contributed by atoms with Gasteiger partial charge in [0, 0.05) is 5.92 Å². The van der Waals surface area contributed by atoms with Crippen LogP contribution in [-0.4, -0.2) is 7.11 Å². The lowest BCUT2D eigenvalue weighted by molar-refractivity contribution is -0.138. The highest BCUT2D eigenvalue weighted by Gasteiger charge is 2.44. The topological polar surface area (TPSA) is 21.3 Å². The Bertz CT molecular complexity index is 878. The quantitative estimate of drug-likeness (QED) is 0.628. The standard InChI is InChI=1S/C20H17ClF3NO/c1-26-12-5-2-4-11(10-12)18-14-7-3-6-13(14)17-15(20(22,23)24)8-9-16(21)19(17)25-18/h2-6,8-10,13-14,18,25H,7H2,1H3/t13-,14-,18+/m1/s1. The normalized spacial score (nSPS) is 24.0. The minimum Gasteiger partial charge on any atom is -0.497 e. The molecule has 0 aromatic heterocycles. The largest absolute Gasteiger partial charge is 0.497 e. The van der Waals surface area contributed by atoms with Gasteiger partial charge < -0.3 is 10.1 Å². The second-order valence-corrected chi connectivity index (χ2v) is 7.04. The molecule has 0 radical (unpaired) electrons. The zero-order valence-corrected chi connectivity index (χ0v) is 14.7. The molecule has 1 aliphatic heterocycles. The number of anilines is 1. The van der Waals surface area contributed by atoms with Gasteiger partial charge in [0.1, 0.15) is 5.75 Å². The Morgan fingerprint density at radius 1 is 1.19 bits per heavy atom. The van der Waals surface area contributed by atoms with E-state index in [2.05, 4.69) is 5.32 Å². The van der Waals surface area contributed by atoms with E-state index in [1.807, 2.05) is 36.4 Å². The lowest BCUT2D eigenvalue weighted by atomic mass is 9.75. The fourth-order valence-corrected chi connectivity index (χ4v) is 4.31. The van der Waals surface area contributed by atoms with Gasteiger partial charge in [0.25, 0.3) is 0 Å². The summed E-state index contributed by atoms with van der Waals surface area (Å²) in [6.45, 7) is 0. The van der Waals surface area contributed by atoms with Crippen molar-refractivity contribution in [1.29, 1.82) is 0 Å². The number of hydrogen-bond acceptors (Lipinski definition) is 2. The minimum absolute atomic E-state index is 0.00540. The van der Waals surface area contributed by atoms with Crippen LogP contribution in [0.25, 0.3) is 0 Å². The Morgan fingerprint density at radius 2 is 2.00 bits per heavy atom. The third-order valence-electron chi connectivity index (χ3n) is 5.23. The number of benzene rings is 2. The molecule has 6 heteroatoms. The first kappa shape index (κ1) is 17.3. The number of methoxy groups -OCH3 is 1. The molecule has 3 atom stereocenters. The zero-order valence-electron chi connectivity index (χ0n) is 14.0. The third kappa shape index (κ3) is 2.75. The van der Waals surface area contributed by atoms with Gasteiger partial charge >= 0.3 is 6.18 Å². The predicted octanol–water partition coefficient (Wildman–Crippen LogP) is 6.19. The van der Waals surface area contributed by atoms with Gasteiger partial charge in [0.05, 0.1) is 29.4 Å². The molecule has 26 heavy (non-hydrogen) atoms. The molecule has 1 heterocycles. The number of hydrogen-bond donors (Lipinski definition) is 1. The maximum absolute atomic E-state index is 13.6. The number of allylic oxidation sites excluding steroid dienone is 2. The molecule has 1 aliphatic carbocycles. The predicted molar refractivity (Wildman–Crippen MR) is 95.8 cm³/mol. The van der Waals surface area contributed by atoms with Crippen LogP contribution in [0.4, 0.5) is 18.9 Å². The summed E-state index contributed by atoms with van der Waals surface area (Å²) in [7, 11) is 1.59. The number of ether oxygens (including phenoxy) is 1. The Hall–Kier alpha value is -2.14. The summed E-state index contributed by atoms with van der Waals surface area (Å²) < 4.78 is 46.0. The molecule has 2 aromatic rings. The second kappa shape index (κ2) is 6.23. The molecule has 0 unspecified atom stereocenters. The highest BCUT2D eigenvalue weighted by molar-refractivity contribution is 6.33. The van der Waals surface area contributed by atoms with Crippen molar-refractivity contribution in [2.75, 3.05) is 12.4 Å². The second-order valence-electron chi connectivity index (χ2n) is 6.63. The number of alkyl halides is 3. The maximum atomic E-state index is 13.6. The van der Waals surface area contributed by atoms with Crippen LogP contribution in [-0.2, 0) is 6.18 Å². The lowest BCUT2D eigenvalue weighted by Gasteiger charge is -2.39. The Morgan fingerprint density at radius 3 is 2.73 bits per heavy atom. The fraction of sp³-hybridized carbons (Fsp3) is 0.300. The van der Waals surface area contributed by atoms with Crippen molar-refractivity contribution >= 4 is 17.3 Å². The van der Waals surface area contributed by atoms with Crippen LogP contribution in [0.2, 0.25) is 5.02 Å². The first-order valence-electron chi connectivity index (χ1n) is 8.37. The van der Waals surface area contributed by atoms with E-state index in [4.69, 9.17) is 16.3 Å². The van der Waals surface area contributed by atoms with E-state index in [0.29, 0.717) is 22.9 Å². The third-order valence-corrected chi connectivity index (χ3v) is 5.54. The zero-order chi connectivity index (χ0) is 18.5. The first-order valence-corrected chi connectivity index (χ1v) is 8.74. The SMILES string of the molecule is COc1cccc([C@@H]2Nc3c(Cl)ccc(C(F)(F)F)c3[C@@H]3C=CC[C@H]32)c1. The molecule has 0 spiro atoms. The Kier molecular flexibility index (Phi) is 4.14. The van der Waals surface area contributed by atoms with Crippen LogP contribution < -0.4 is 10.1 Å². The van der Waals surface area contributed by atoms with Gasteiger partial charge in [0.15, 0.2) is 0 Å². The maximum Gasteiger partial charge on any atom is 0.416 e. The molecule has 0 amide bonds. The summed E-state index contributed by atoms with van der Waals surface area (Å²) in [5.41, 5.74) is 0.988. The number of fused-ring (bicyclic) bond motifs is 3. The average Bonchev–Trinajstić information content (AvgIpc) is 3.10.